The Kier molecular flexibility index (Phi) is 13.4. The molecular formula is C75H79ClN4. The SMILES string of the molecule is Cc1cc(N(c2ccc(-c3ccccc3)cc2)c2cccc(N(c3ccc(C(C)(C)C)cc3)c3ccc(C(C)(C)C)cc3)c2)c(Cl)c(N2c3ccc(C(C)(C)C)cc3-n3c4ccc(C(C)(C)C)cc4c4cc(C(C)(C)C)cc2c43)c1. The van der Waals surface area contributed by atoms with Crippen LogP contribution >= 0.6 is 11.6 Å². The summed E-state index contributed by atoms with van der Waals surface area (Å²) in [6.45, 7) is 36.7. The van der Waals surface area contributed by atoms with Gasteiger partial charge in [-0.2, -0.15) is 0 Å². The maximum atomic E-state index is 8.34. The second-order valence-electron chi connectivity index (χ2n) is 27.6. The van der Waals surface area contributed by atoms with Crippen molar-refractivity contribution in [3.63, 3.8) is 0 Å². The average molecular weight is 1070 g/mol. The molecule has 0 bridgehead atoms. The summed E-state index contributed by atoms with van der Waals surface area (Å²) in [6, 6.07) is 70.4. The van der Waals surface area contributed by atoms with Crippen LogP contribution in [0.15, 0.2) is 188 Å². The fraction of sp³-hybridized carbons (Fsp3) is 0.280. The van der Waals surface area contributed by atoms with Gasteiger partial charge >= 0.3 is 0 Å². The fourth-order valence-electron chi connectivity index (χ4n) is 11.6. The molecule has 2 heterocycles. The van der Waals surface area contributed by atoms with Crippen molar-refractivity contribution in [1.82, 2.24) is 4.57 Å². The van der Waals surface area contributed by atoms with E-state index in [2.05, 4.69) is 318 Å². The van der Waals surface area contributed by atoms with Crippen LogP contribution in [0.5, 0.6) is 0 Å². The van der Waals surface area contributed by atoms with Crippen molar-refractivity contribution in [2.45, 2.75) is 138 Å². The number of anilines is 9. The molecular weight excluding hydrogens is 992 g/mol. The van der Waals surface area contributed by atoms with Crippen LogP contribution in [0.1, 0.15) is 137 Å². The largest absolute Gasteiger partial charge is 0.310 e. The van der Waals surface area contributed by atoms with E-state index < -0.39 is 0 Å². The fourth-order valence-corrected chi connectivity index (χ4v) is 11.8. The van der Waals surface area contributed by atoms with Crippen LogP contribution in [0, 0.1) is 6.92 Å². The van der Waals surface area contributed by atoms with Gasteiger partial charge in [-0.25, -0.2) is 0 Å². The highest BCUT2D eigenvalue weighted by molar-refractivity contribution is 6.37. The summed E-state index contributed by atoms with van der Waals surface area (Å²) in [5, 5.41) is 3.16. The molecule has 406 valence electrons. The van der Waals surface area contributed by atoms with Crippen molar-refractivity contribution in [1.29, 1.82) is 0 Å². The summed E-state index contributed by atoms with van der Waals surface area (Å²) in [7, 11) is 0. The molecule has 1 aliphatic rings. The summed E-state index contributed by atoms with van der Waals surface area (Å²) >= 11 is 8.34. The molecule has 0 spiro atoms. The van der Waals surface area contributed by atoms with Crippen LogP contribution < -0.4 is 14.7 Å². The summed E-state index contributed by atoms with van der Waals surface area (Å²) in [5.74, 6) is 0. The number of benzene rings is 9. The molecule has 0 fully saturated rings. The molecule has 4 nitrogen and oxygen atoms in total. The molecule has 0 aliphatic carbocycles. The predicted octanol–water partition coefficient (Wildman–Crippen LogP) is 22.6. The average Bonchev–Trinajstić information content (AvgIpc) is 3.52. The van der Waals surface area contributed by atoms with Gasteiger partial charge in [0.15, 0.2) is 0 Å². The number of fused-ring (bicyclic) bond motifs is 5. The molecule has 0 N–H and O–H groups in total. The lowest BCUT2D eigenvalue weighted by Crippen LogP contribution is -2.22. The Bertz CT molecular complexity index is 3900. The van der Waals surface area contributed by atoms with E-state index in [-0.39, 0.29) is 27.1 Å². The van der Waals surface area contributed by atoms with E-state index >= 15 is 0 Å². The molecule has 10 aromatic rings. The Morgan fingerprint density at radius 2 is 0.800 bits per heavy atom. The minimum Gasteiger partial charge on any atom is -0.310 e. The van der Waals surface area contributed by atoms with Crippen LogP contribution in [0.25, 0.3) is 38.6 Å². The molecule has 5 heteroatoms. The van der Waals surface area contributed by atoms with Crippen LogP contribution in [-0.4, -0.2) is 4.57 Å². The van der Waals surface area contributed by atoms with E-state index in [9.17, 15) is 0 Å². The van der Waals surface area contributed by atoms with Gasteiger partial charge in [-0.15, -0.1) is 0 Å². The predicted molar refractivity (Wildman–Crippen MR) is 347 cm³/mol. The lowest BCUT2D eigenvalue weighted by molar-refractivity contribution is 0.589. The molecule has 0 amide bonds. The molecule has 11 rings (SSSR count). The number of aromatic nitrogens is 1. The summed E-state index contributed by atoms with van der Waals surface area (Å²) in [5.41, 5.74) is 22.4. The second kappa shape index (κ2) is 19.6. The minimum absolute atomic E-state index is 0.0156. The normalized spacial score (nSPS) is 13.0. The Balaban J connectivity index is 1.16. The van der Waals surface area contributed by atoms with Gasteiger partial charge in [0.2, 0.25) is 0 Å². The minimum atomic E-state index is -0.144. The quantitative estimate of drug-likeness (QED) is 0.151. The number of aryl methyl sites for hydroxylation is 1. The first-order valence-corrected chi connectivity index (χ1v) is 29.0. The van der Waals surface area contributed by atoms with Gasteiger partial charge in [-0.3, -0.25) is 0 Å². The van der Waals surface area contributed by atoms with Gasteiger partial charge < -0.3 is 19.3 Å². The Labute approximate surface area is 482 Å². The summed E-state index contributed by atoms with van der Waals surface area (Å²) in [6.07, 6.45) is 0. The first kappa shape index (κ1) is 54.4. The zero-order chi connectivity index (χ0) is 57.0. The van der Waals surface area contributed by atoms with E-state index in [1.165, 1.54) is 55.2 Å². The van der Waals surface area contributed by atoms with Crippen molar-refractivity contribution in [3.05, 3.63) is 226 Å². The number of rotatable bonds is 8. The highest BCUT2D eigenvalue weighted by Crippen LogP contribution is 2.56. The first-order chi connectivity index (χ1) is 37.6. The maximum absolute atomic E-state index is 8.34. The highest BCUT2D eigenvalue weighted by Gasteiger charge is 2.35. The third kappa shape index (κ3) is 9.99. The third-order valence-corrected chi connectivity index (χ3v) is 16.7. The standard InChI is InChI=1S/C75H79ClN4/c1-48-41-66(69(76)67(42-48)79-64-40-32-54(74(11,12)13)45-65(64)80-63-39-31-53(73(8,9)10)43-61(63)62-44-55(75(14,15)16)46-68(79)70(62)80)78(58-33-25-50(26-34-58)49-21-18-17-19-22-49)60-24-20-23-59(47-60)77(56-35-27-51(28-36-56)71(2,3)4)57-37-29-52(30-38-57)72(5,6)7/h17-47H,1-16H3. The molecule has 1 aliphatic heterocycles. The van der Waals surface area contributed by atoms with Gasteiger partial charge in [0, 0.05) is 39.2 Å². The van der Waals surface area contributed by atoms with Crippen molar-refractivity contribution in [3.8, 4) is 16.8 Å². The lowest BCUT2D eigenvalue weighted by Gasteiger charge is -2.37. The smallest absolute Gasteiger partial charge is 0.0887 e. The highest BCUT2D eigenvalue weighted by atomic mass is 35.5. The number of hydrogen-bond donors (Lipinski definition) is 0. The lowest BCUT2D eigenvalue weighted by atomic mass is 9.84. The van der Waals surface area contributed by atoms with Gasteiger partial charge in [-0.1, -0.05) is 200 Å². The van der Waals surface area contributed by atoms with Gasteiger partial charge in [0.1, 0.15) is 0 Å². The number of nitrogens with zero attached hydrogens (tertiary/aromatic N) is 4. The Hall–Kier alpha value is -7.53. The van der Waals surface area contributed by atoms with E-state index in [4.69, 9.17) is 11.6 Å². The van der Waals surface area contributed by atoms with Crippen LogP contribution in [0.3, 0.4) is 0 Å². The van der Waals surface area contributed by atoms with Gasteiger partial charge in [0.25, 0.3) is 0 Å². The van der Waals surface area contributed by atoms with Crippen LogP contribution in [0.4, 0.5) is 51.2 Å². The van der Waals surface area contributed by atoms with Crippen LogP contribution in [0.2, 0.25) is 5.02 Å². The van der Waals surface area contributed by atoms with E-state index in [1.807, 2.05) is 0 Å². The first-order valence-electron chi connectivity index (χ1n) is 28.6. The Morgan fingerprint density at radius 1 is 0.338 bits per heavy atom. The molecule has 0 radical (unpaired) electrons. The van der Waals surface area contributed by atoms with Gasteiger partial charge in [-0.05, 0) is 182 Å². The topological polar surface area (TPSA) is 14.7 Å². The Morgan fingerprint density at radius 3 is 1.36 bits per heavy atom. The van der Waals surface area contributed by atoms with E-state index in [0.717, 1.165) is 68.0 Å². The molecule has 9 aromatic carbocycles. The van der Waals surface area contributed by atoms with Crippen LogP contribution in [-0.2, 0) is 27.1 Å². The third-order valence-electron chi connectivity index (χ3n) is 16.4. The number of halogens is 1. The van der Waals surface area contributed by atoms with Gasteiger partial charge in [0.05, 0.1) is 44.5 Å². The monoisotopic (exact) mass is 1070 g/mol. The molecule has 0 saturated heterocycles. The van der Waals surface area contributed by atoms with E-state index in [1.54, 1.807) is 0 Å². The molecule has 0 atom stereocenters. The molecule has 1 aromatic heterocycles. The maximum Gasteiger partial charge on any atom is 0.0887 e. The van der Waals surface area contributed by atoms with Crippen molar-refractivity contribution in [2.24, 2.45) is 0 Å². The number of hydrogen-bond acceptors (Lipinski definition) is 3. The van der Waals surface area contributed by atoms with Crippen molar-refractivity contribution in [2.75, 3.05) is 14.7 Å². The van der Waals surface area contributed by atoms with E-state index in [0.29, 0.717) is 5.02 Å². The van der Waals surface area contributed by atoms with Crippen molar-refractivity contribution >= 4 is 84.6 Å². The van der Waals surface area contributed by atoms with Crippen molar-refractivity contribution < 1.29 is 0 Å². The zero-order valence-electron chi connectivity index (χ0n) is 50.1. The summed E-state index contributed by atoms with van der Waals surface area (Å²) < 4.78 is 2.54. The molecule has 0 unspecified atom stereocenters. The summed E-state index contributed by atoms with van der Waals surface area (Å²) in [4.78, 5) is 7.22. The zero-order valence-corrected chi connectivity index (χ0v) is 50.8. The molecule has 80 heavy (non-hydrogen) atoms. The molecule has 0 saturated carbocycles. The second-order valence-corrected chi connectivity index (χ2v) is 27.9.